The lowest BCUT2D eigenvalue weighted by Crippen LogP contribution is -2.41. The molecule has 2 heterocycles. The Morgan fingerprint density at radius 1 is 1.39 bits per heavy atom. The van der Waals surface area contributed by atoms with Crippen LogP contribution in [0.1, 0.15) is 0 Å². The molecule has 4 nitrogen and oxygen atoms in total. The van der Waals surface area contributed by atoms with Crippen molar-refractivity contribution in [1.29, 1.82) is 0 Å². The molecule has 4 heteroatoms. The lowest BCUT2D eigenvalue weighted by Gasteiger charge is -2.23. The highest BCUT2D eigenvalue weighted by Crippen LogP contribution is 2.18. The molecular weight excluding hydrogens is 228 g/mol. The maximum absolute atomic E-state index is 5.73. The van der Waals surface area contributed by atoms with E-state index in [0.717, 1.165) is 36.3 Å². The van der Waals surface area contributed by atoms with Crippen LogP contribution < -0.4 is 10.1 Å². The second-order valence-electron chi connectivity index (χ2n) is 4.37. The molecule has 1 fully saturated rings. The minimum absolute atomic E-state index is 0.130. The third kappa shape index (κ3) is 2.60. The van der Waals surface area contributed by atoms with Crippen LogP contribution in [0.3, 0.4) is 0 Å². The van der Waals surface area contributed by atoms with Crippen LogP contribution >= 0.6 is 0 Å². The predicted molar refractivity (Wildman–Crippen MR) is 69.8 cm³/mol. The van der Waals surface area contributed by atoms with E-state index in [1.54, 1.807) is 6.20 Å². The molecule has 94 valence electrons. The van der Waals surface area contributed by atoms with E-state index in [1.807, 2.05) is 30.3 Å². The van der Waals surface area contributed by atoms with Crippen molar-refractivity contribution in [1.82, 2.24) is 10.3 Å². The molecule has 1 saturated heterocycles. The van der Waals surface area contributed by atoms with E-state index in [0.29, 0.717) is 6.61 Å². The first kappa shape index (κ1) is 11.4. The molecule has 2 aromatic rings. The number of rotatable bonds is 3. The number of fused-ring (bicyclic) bond motifs is 1. The van der Waals surface area contributed by atoms with Crippen molar-refractivity contribution in [2.45, 2.75) is 6.10 Å². The number of pyridine rings is 1. The molecule has 3 rings (SSSR count). The maximum atomic E-state index is 5.73. The molecule has 1 aromatic heterocycles. The van der Waals surface area contributed by atoms with Crippen LogP contribution in [0.4, 0.5) is 0 Å². The van der Waals surface area contributed by atoms with Crippen LogP contribution in [-0.4, -0.2) is 37.4 Å². The first-order valence-electron chi connectivity index (χ1n) is 6.22. The topological polar surface area (TPSA) is 43.4 Å². The minimum Gasteiger partial charge on any atom is -0.489 e. The largest absolute Gasteiger partial charge is 0.489 e. The summed E-state index contributed by atoms with van der Waals surface area (Å²) in [6.07, 6.45) is 1.89. The number of ether oxygens (including phenoxy) is 2. The summed E-state index contributed by atoms with van der Waals surface area (Å²) in [4.78, 5) is 4.36. The fourth-order valence-electron chi connectivity index (χ4n) is 2.05. The van der Waals surface area contributed by atoms with Gasteiger partial charge in [0, 0.05) is 18.5 Å². The van der Waals surface area contributed by atoms with Crippen molar-refractivity contribution in [2.75, 3.05) is 26.3 Å². The quantitative estimate of drug-likeness (QED) is 0.890. The van der Waals surface area contributed by atoms with Gasteiger partial charge in [0.2, 0.25) is 0 Å². The van der Waals surface area contributed by atoms with E-state index in [1.165, 1.54) is 0 Å². The van der Waals surface area contributed by atoms with E-state index >= 15 is 0 Å². The normalized spacial score (nSPS) is 19.9. The van der Waals surface area contributed by atoms with Gasteiger partial charge in [0.15, 0.2) is 0 Å². The molecule has 1 unspecified atom stereocenters. The summed E-state index contributed by atoms with van der Waals surface area (Å²) in [6.45, 7) is 3.09. The standard InChI is InChI=1S/C14H16N2O2/c1-2-4-14-11(3-1)7-12(9-16-14)18-10-13-8-15-5-6-17-13/h1-4,7,9,13,15H,5-6,8,10H2. The summed E-state index contributed by atoms with van der Waals surface area (Å²) in [5, 5.41) is 4.38. The van der Waals surface area contributed by atoms with Gasteiger partial charge in [-0.15, -0.1) is 0 Å². The Labute approximate surface area is 106 Å². The number of para-hydroxylation sites is 1. The molecule has 0 aliphatic carbocycles. The minimum atomic E-state index is 0.130. The summed E-state index contributed by atoms with van der Waals surface area (Å²) in [5.41, 5.74) is 0.987. The zero-order chi connectivity index (χ0) is 12.2. The van der Waals surface area contributed by atoms with Crippen molar-refractivity contribution in [3.63, 3.8) is 0 Å². The van der Waals surface area contributed by atoms with Crippen molar-refractivity contribution in [3.05, 3.63) is 36.5 Å². The van der Waals surface area contributed by atoms with Gasteiger partial charge in [-0.05, 0) is 12.1 Å². The third-order valence-corrected chi connectivity index (χ3v) is 3.01. The number of hydrogen-bond acceptors (Lipinski definition) is 4. The average Bonchev–Trinajstić information content (AvgIpc) is 2.46. The van der Waals surface area contributed by atoms with Crippen LogP contribution in [0.2, 0.25) is 0 Å². The molecule has 0 bridgehead atoms. The average molecular weight is 244 g/mol. The van der Waals surface area contributed by atoms with Gasteiger partial charge in [0.05, 0.1) is 18.3 Å². The third-order valence-electron chi connectivity index (χ3n) is 3.01. The van der Waals surface area contributed by atoms with Crippen LogP contribution in [0.15, 0.2) is 36.5 Å². The number of aromatic nitrogens is 1. The molecule has 0 radical (unpaired) electrons. The van der Waals surface area contributed by atoms with Gasteiger partial charge in [0.25, 0.3) is 0 Å². The predicted octanol–water partition coefficient (Wildman–Crippen LogP) is 1.60. The molecule has 1 atom stereocenters. The summed E-state index contributed by atoms with van der Waals surface area (Å²) in [6, 6.07) is 10.0. The molecule has 1 aliphatic rings. The van der Waals surface area contributed by atoms with Crippen LogP contribution in [-0.2, 0) is 4.74 Å². The second-order valence-corrected chi connectivity index (χ2v) is 4.37. The number of nitrogens with one attached hydrogen (secondary N) is 1. The highest BCUT2D eigenvalue weighted by atomic mass is 16.5. The summed E-state index contributed by atoms with van der Waals surface area (Å²) < 4.78 is 11.3. The molecule has 0 saturated carbocycles. The number of nitrogens with zero attached hydrogens (tertiary/aromatic N) is 1. The van der Waals surface area contributed by atoms with E-state index in [9.17, 15) is 0 Å². The molecule has 1 aliphatic heterocycles. The number of hydrogen-bond donors (Lipinski definition) is 1. The van der Waals surface area contributed by atoms with Gasteiger partial charge >= 0.3 is 0 Å². The highest BCUT2D eigenvalue weighted by molar-refractivity contribution is 5.79. The summed E-state index contributed by atoms with van der Waals surface area (Å²) >= 11 is 0. The van der Waals surface area contributed by atoms with Gasteiger partial charge < -0.3 is 14.8 Å². The van der Waals surface area contributed by atoms with Gasteiger partial charge in [-0.1, -0.05) is 18.2 Å². The Morgan fingerprint density at radius 3 is 3.22 bits per heavy atom. The lowest BCUT2D eigenvalue weighted by molar-refractivity contribution is 0.000159. The van der Waals surface area contributed by atoms with Gasteiger partial charge in [-0.25, -0.2) is 0 Å². The van der Waals surface area contributed by atoms with E-state index in [-0.39, 0.29) is 6.10 Å². The Hall–Kier alpha value is -1.65. The SMILES string of the molecule is c1ccc2ncc(OCC3CNCCO3)cc2c1. The smallest absolute Gasteiger partial charge is 0.138 e. The van der Waals surface area contributed by atoms with Gasteiger partial charge in [0.1, 0.15) is 18.5 Å². The number of morpholine rings is 1. The van der Waals surface area contributed by atoms with Crippen LogP contribution in [0.5, 0.6) is 5.75 Å². The monoisotopic (exact) mass is 244 g/mol. The Morgan fingerprint density at radius 2 is 2.33 bits per heavy atom. The van der Waals surface area contributed by atoms with E-state index in [4.69, 9.17) is 9.47 Å². The van der Waals surface area contributed by atoms with E-state index in [2.05, 4.69) is 10.3 Å². The Bertz CT molecular complexity index is 524. The molecule has 1 aromatic carbocycles. The molecule has 0 spiro atoms. The molecule has 18 heavy (non-hydrogen) atoms. The molecule has 0 amide bonds. The van der Waals surface area contributed by atoms with Gasteiger partial charge in [-0.2, -0.15) is 0 Å². The maximum Gasteiger partial charge on any atom is 0.138 e. The lowest BCUT2D eigenvalue weighted by atomic mass is 10.2. The Kier molecular flexibility index (Phi) is 3.39. The fourth-order valence-corrected chi connectivity index (χ4v) is 2.05. The Balaban J connectivity index is 1.66. The molecular formula is C14H16N2O2. The van der Waals surface area contributed by atoms with Crippen molar-refractivity contribution < 1.29 is 9.47 Å². The highest BCUT2D eigenvalue weighted by Gasteiger charge is 2.13. The molecule has 1 N–H and O–H groups in total. The zero-order valence-electron chi connectivity index (χ0n) is 10.1. The van der Waals surface area contributed by atoms with Gasteiger partial charge in [-0.3, -0.25) is 4.98 Å². The number of benzene rings is 1. The zero-order valence-corrected chi connectivity index (χ0v) is 10.1. The van der Waals surface area contributed by atoms with E-state index < -0.39 is 0 Å². The van der Waals surface area contributed by atoms with Crippen LogP contribution in [0, 0.1) is 0 Å². The van der Waals surface area contributed by atoms with Crippen molar-refractivity contribution >= 4 is 10.9 Å². The summed E-state index contributed by atoms with van der Waals surface area (Å²) in [5.74, 6) is 0.794. The van der Waals surface area contributed by atoms with Crippen molar-refractivity contribution in [3.8, 4) is 5.75 Å². The first-order chi connectivity index (χ1) is 8.92. The van der Waals surface area contributed by atoms with Crippen molar-refractivity contribution in [2.24, 2.45) is 0 Å². The second kappa shape index (κ2) is 5.33. The first-order valence-corrected chi connectivity index (χ1v) is 6.22. The fraction of sp³-hybridized carbons (Fsp3) is 0.357. The van der Waals surface area contributed by atoms with Crippen LogP contribution in [0.25, 0.3) is 10.9 Å². The summed E-state index contributed by atoms with van der Waals surface area (Å²) in [7, 11) is 0.